The molecule has 162 valence electrons. The standard InChI is InChI=1S/C22H36N4O3/c1-3-23-21(25-14-16-26(17-15-25)22(27)29-4-2)24-13-8-9-18-28-19-12-20-10-6-5-7-11-20/h5-7,10-11H,3-4,8-9,12-19H2,1-2H3,(H,23,24). The highest BCUT2D eigenvalue weighted by atomic mass is 16.6. The molecule has 0 spiro atoms. The summed E-state index contributed by atoms with van der Waals surface area (Å²) in [6.45, 7) is 10.3. The minimum atomic E-state index is -0.221. The summed E-state index contributed by atoms with van der Waals surface area (Å²) >= 11 is 0. The van der Waals surface area contributed by atoms with E-state index in [-0.39, 0.29) is 6.09 Å². The van der Waals surface area contributed by atoms with E-state index in [1.165, 1.54) is 5.56 Å². The Morgan fingerprint density at radius 2 is 1.76 bits per heavy atom. The molecule has 1 N–H and O–H groups in total. The molecule has 0 radical (unpaired) electrons. The van der Waals surface area contributed by atoms with Crippen LogP contribution < -0.4 is 5.32 Å². The molecule has 0 aromatic heterocycles. The Morgan fingerprint density at radius 1 is 1.03 bits per heavy atom. The summed E-state index contributed by atoms with van der Waals surface area (Å²) in [6, 6.07) is 10.4. The molecule has 1 aromatic carbocycles. The fourth-order valence-corrected chi connectivity index (χ4v) is 3.18. The quantitative estimate of drug-likeness (QED) is 0.369. The summed E-state index contributed by atoms with van der Waals surface area (Å²) in [7, 11) is 0. The Kier molecular flexibility index (Phi) is 11.0. The van der Waals surface area contributed by atoms with E-state index in [1.54, 1.807) is 4.90 Å². The Balaban J connectivity index is 1.61. The largest absolute Gasteiger partial charge is 0.450 e. The Morgan fingerprint density at radius 3 is 2.45 bits per heavy atom. The number of guanidine groups is 1. The molecule has 2 rings (SSSR count). The van der Waals surface area contributed by atoms with Gasteiger partial charge in [0.1, 0.15) is 0 Å². The maximum atomic E-state index is 11.8. The molecular formula is C22H36N4O3. The van der Waals surface area contributed by atoms with Gasteiger partial charge in [0, 0.05) is 45.9 Å². The SMILES string of the molecule is CCNC(=NCCCCOCCc1ccccc1)N1CCN(C(=O)OCC)CC1. The van der Waals surface area contributed by atoms with E-state index in [1.807, 2.05) is 13.0 Å². The molecule has 0 atom stereocenters. The molecule has 1 fully saturated rings. The van der Waals surface area contributed by atoms with E-state index in [0.29, 0.717) is 19.7 Å². The Labute approximate surface area is 175 Å². The zero-order valence-electron chi connectivity index (χ0n) is 17.9. The van der Waals surface area contributed by atoms with Gasteiger partial charge in [-0.1, -0.05) is 30.3 Å². The lowest BCUT2D eigenvalue weighted by molar-refractivity contribution is 0.0914. The average Bonchev–Trinajstić information content (AvgIpc) is 2.76. The van der Waals surface area contributed by atoms with Crippen molar-refractivity contribution < 1.29 is 14.3 Å². The number of amides is 1. The first-order valence-corrected chi connectivity index (χ1v) is 10.8. The van der Waals surface area contributed by atoms with Gasteiger partial charge in [0.25, 0.3) is 0 Å². The molecule has 0 unspecified atom stereocenters. The molecule has 7 nitrogen and oxygen atoms in total. The number of nitrogens with zero attached hydrogens (tertiary/aromatic N) is 3. The molecular weight excluding hydrogens is 368 g/mol. The lowest BCUT2D eigenvalue weighted by Crippen LogP contribution is -2.53. The van der Waals surface area contributed by atoms with Crippen molar-refractivity contribution in [3.8, 4) is 0 Å². The predicted octanol–water partition coefficient (Wildman–Crippen LogP) is 2.77. The number of benzene rings is 1. The number of carbonyl (C=O) groups excluding carboxylic acids is 1. The number of carbonyl (C=O) groups is 1. The third kappa shape index (κ3) is 8.73. The first-order valence-electron chi connectivity index (χ1n) is 10.8. The van der Waals surface area contributed by atoms with Crippen LogP contribution in [0.1, 0.15) is 32.3 Å². The van der Waals surface area contributed by atoms with Crippen LogP contribution in [0.5, 0.6) is 0 Å². The van der Waals surface area contributed by atoms with Gasteiger partial charge in [-0.25, -0.2) is 4.79 Å². The molecule has 1 aromatic rings. The molecule has 0 aliphatic carbocycles. The molecule has 0 saturated carbocycles. The predicted molar refractivity (Wildman–Crippen MR) is 116 cm³/mol. The minimum absolute atomic E-state index is 0.221. The van der Waals surface area contributed by atoms with Gasteiger partial charge >= 0.3 is 6.09 Å². The zero-order valence-corrected chi connectivity index (χ0v) is 17.9. The highest BCUT2D eigenvalue weighted by molar-refractivity contribution is 5.80. The van der Waals surface area contributed by atoms with Crippen LogP contribution in [-0.4, -0.2) is 80.9 Å². The van der Waals surface area contributed by atoms with Crippen LogP contribution in [-0.2, 0) is 15.9 Å². The fraction of sp³-hybridized carbons (Fsp3) is 0.636. The molecule has 29 heavy (non-hydrogen) atoms. The van der Waals surface area contributed by atoms with Gasteiger partial charge in [-0.3, -0.25) is 4.99 Å². The monoisotopic (exact) mass is 404 g/mol. The van der Waals surface area contributed by atoms with Crippen LogP contribution in [0, 0.1) is 0 Å². The zero-order chi connectivity index (χ0) is 20.7. The maximum Gasteiger partial charge on any atom is 0.409 e. The van der Waals surface area contributed by atoms with Crippen molar-refractivity contribution in [3.63, 3.8) is 0 Å². The first-order chi connectivity index (χ1) is 14.2. The average molecular weight is 405 g/mol. The van der Waals surface area contributed by atoms with Crippen molar-refractivity contribution in [1.29, 1.82) is 0 Å². The number of ether oxygens (including phenoxy) is 2. The van der Waals surface area contributed by atoms with E-state index >= 15 is 0 Å². The summed E-state index contributed by atoms with van der Waals surface area (Å²) < 4.78 is 10.8. The van der Waals surface area contributed by atoms with E-state index in [0.717, 1.165) is 64.6 Å². The normalized spacial score (nSPS) is 14.8. The van der Waals surface area contributed by atoms with Gasteiger partial charge in [0.2, 0.25) is 0 Å². The summed E-state index contributed by atoms with van der Waals surface area (Å²) in [4.78, 5) is 20.6. The third-order valence-electron chi connectivity index (χ3n) is 4.78. The second-order valence-electron chi connectivity index (χ2n) is 6.96. The second kappa shape index (κ2) is 13.8. The van der Waals surface area contributed by atoms with Gasteiger partial charge in [0.15, 0.2) is 5.96 Å². The van der Waals surface area contributed by atoms with Crippen LogP contribution in [0.2, 0.25) is 0 Å². The number of hydrogen-bond acceptors (Lipinski definition) is 4. The molecule has 1 aliphatic heterocycles. The van der Waals surface area contributed by atoms with Gasteiger partial charge in [-0.05, 0) is 38.7 Å². The number of aliphatic imine (C=N–C) groups is 1. The van der Waals surface area contributed by atoms with Gasteiger partial charge in [-0.2, -0.15) is 0 Å². The Bertz CT molecular complexity index is 601. The van der Waals surface area contributed by atoms with Gasteiger partial charge in [0.05, 0.1) is 13.2 Å². The van der Waals surface area contributed by atoms with Crippen LogP contribution in [0.3, 0.4) is 0 Å². The lowest BCUT2D eigenvalue weighted by Gasteiger charge is -2.35. The molecule has 1 heterocycles. The maximum absolute atomic E-state index is 11.8. The topological polar surface area (TPSA) is 66.4 Å². The fourth-order valence-electron chi connectivity index (χ4n) is 3.18. The minimum Gasteiger partial charge on any atom is -0.450 e. The van der Waals surface area contributed by atoms with Crippen molar-refractivity contribution in [1.82, 2.24) is 15.1 Å². The van der Waals surface area contributed by atoms with Crippen molar-refractivity contribution in [2.75, 3.05) is 59.1 Å². The summed E-state index contributed by atoms with van der Waals surface area (Å²) in [6.07, 6.45) is 2.75. The van der Waals surface area contributed by atoms with Gasteiger partial charge in [-0.15, -0.1) is 0 Å². The summed E-state index contributed by atoms with van der Waals surface area (Å²) in [5.74, 6) is 0.931. The first kappa shape index (κ1) is 23.0. The molecule has 1 saturated heterocycles. The van der Waals surface area contributed by atoms with Gasteiger partial charge < -0.3 is 24.6 Å². The molecule has 7 heteroatoms. The summed E-state index contributed by atoms with van der Waals surface area (Å²) in [5, 5.41) is 3.36. The second-order valence-corrected chi connectivity index (χ2v) is 6.96. The van der Waals surface area contributed by atoms with Crippen molar-refractivity contribution in [2.24, 2.45) is 4.99 Å². The molecule has 0 bridgehead atoms. The van der Waals surface area contributed by atoms with Crippen molar-refractivity contribution in [3.05, 3.63) is 35.9 Å². The highest BCUT2D eigenvalue weighted by Crippen LogP contribution is 2.05. The van der Waals surface area contributed by atoms with E-state index < -0.39 is 0 Å². The van der Waals surface area contributed by atoms with E-state index in [2.05, 4.69) is 41.4 Å². The number of rotatable bonds is 10. The highest BCUT2D eigenvalue weighted by Gasteiger charge is 2.23. The number of unbranched alkanes of at least 4 members (excludes halogenated alkanes) is 1. The third-order valence-corrected chi connectivity index (χ3v) is 4.78. The lowest BCUT2D eigenvalue weighted by atomic mass is 10.2. The number of hydrogen-bond donors (Lipinski definition) is 1. The van der Waals surface area contributed by atoms with Crippen LogP contribution >= 0.6 is 0 Å². The molecule has 1 amide bonds. The number of piperazine rings is 1. The Hall–Kier alpha value is -2.28. The van der Waals surface area contributed by atoms with Crippen LogP contribution in [0.25, 0.3) is 0 Å². The van der Waals surface area contributed by atoms with Crippen LogP contribution in [0.4, 0.5) is 4.79 Å². The van der Waals surface area contributed by atoms with Crippen LogP contribution in [0.15, 0.2) is 35.3 Å². The smallest absolute Gasteiger partial charge is 0.409 e. The van der Waals surface area contributed by atoms with Crippen molar-refractivity contribution in [2.45, 2.75) is 33.1 Å². The van der Waals surface area contributed by atoms with E-state index in [9.17, 15) is 4.79 Å². The van der Waals surface area contributed by atoms with Crippen molar-refractivity contribution >= 4 is 12.1 Å². The summed E-state index contributed by atoms with van der Waals surface area (Å²) in [5.41, 5.74) is 1.32. The van der Waals surface area contributed by atoms with E-state index in [4.69, 9.17) is 14.5 Å². The number of nitrogens with one attached hydrogen (secondary N) is 1. The molecule has 1 aliphatic rings.